The Labute approximate surface area is 177 Å². The van der Waals surface area contributed by atoms with Gasteiger partial charge in [0, 0.05) is 11.9 Å². The lowest BCUT2D eigenvalue weighted by molar-refractivity contribution is 0.0380. The van der Waals surface area contributed by atoms with E-state index in [1.54, 1.807) is 6.33 Å². The summed E-state index contributed by atoms with van der Waals surface area (Å²) in [5.74, 6) is 0.442. The molecule has 0 unspecified atom stereocenters. The van der Waals surface area contributed by atoms with Crippen LogP contribution in [-0.4, -0.2) is 54.1 Å². The highest BCUT2D eigenvalue weighted by molar-refractivity contribution is 6.03. The number of anilines is 1. The number of fused-ring (bicyclic) bond motifs is 3. The van der Waals surface area contributed by atoms with Gasteiger partial charge in [0.15, 0.2) is 17.6 Å². The Morgan fingerprint density at radius 1 is 1.16 bits per heavy atom. The molecule has 2 N–H and O–H groups in total. The van der Waals surface area contributed by atoms with Crippen LogP contribution in [0.5, 0.6) is 0 Å². The molecule has 31 heavy (non-hydrogen) atoms. The van der Waals surface area contributed by atoms with E-state index in [4.69, 9.17) is 9.82 Å². The maximum Gasteiger partial charge on any atom is 0.165 e. The number of pyridine rings is 1. The second-order valence-electron chi connectivity index (χ2n) is 7.91. The molecule has 2 aliphatic rings. The Balaban J connectivity index is 1.35. The van der Waals surface area contributed by atoms with Gasteiger partial charge in [0.2, 0.25) is 0 Å². The van der Waals surface area contributed by atoms with Gasteiger partial charge in [0.1, 0.15) is 17.6 Å². The summed E-state index contributed by atoms with van der Waals surface area (Å²) in [6, 6.07) is 11.8. The van der Waals surface area contributed by atoms with Crippen LogP contribution in [-0.2, 0) is 4.84 Å². The van der Waals surface area contributed by atoms with Gasteiger partial charge >= 0.3 is 0 Å². The smallest absolute Gasteiger partial charge is 0.165 e. The second-order valence-corrected chi connectivity index (χ2v) is 7.91. The molecule has 4 aromatic rings. The molecule has 1 aliphatic heterocycles. The van der Waals surface area contributed by atoms with E-state index in [0.29, 0.717) is 29.1 Å². The number of oxime groups is 1. The van der Waals surface area contributed by atoms with Gasteiger partial charge in [-0.2, -0.15) is 0 Å². The lowest BCUT2D eigenvalue weighted by Crippen LogP contribution is -2.30. The molecule has 1 saturated carbocycles. The minimum atomic E-state index is -0.600. The van der Waals surface area contributed by atoms with Crippen LogP contribution in [0.1, 0.15) is 25.1 Å². The molecule has 0 spiro atoms. The van der Waals surface area contributed by atoms with Gasteiger partial charge in [0.25, 0.3) is 0 Å². The van der Waals surface area contributed by atoms with Crippen LogP contribution in [0.2, 0.25) is 0 Å². The van der Waals surface area contributed by atoms with Crippen molar-refractivity contribution in [3.63, 3.8) is 0 Å². The Hall–Kier alpha value is -3.59. The van der Waals surface area contributed by atoms with Gasteiger partial charge in [-0.15, -0.1) is 0 Å². The second kappa shape index (κ2) is 6.98. The number of aliphatic hydroxyl groups excluding tert-OH is 1. The minimum Gasteiger partial charge on any atom is -0.392 e. The van der Waals surface area contributed by atoms with Crippen molar-refractivity contribution >= 4 is 33.6 Å². The fourth-order valence-electron chi connectivity index (χ4n) is 4.73. The van der Waals surface area contributed by atoms with Gasteiger partial charge in [-0.25, -0.2) is 19.9 Å². The van der Waals surface area contributed by atoms with E-state index in [1.807, 2.05) is 47.9 Å². The van der Waals surface area contributed by atoms with Gasteiger partial charge < -0.3 is 19.8 Å². The molecule has 0 bridgehead atoms. The van der Waals surface area contributed by atoms with Crippen LogP contribution in [0.3, 0.4) is 0 Å². The van der Waals surface area contributed by atoms with Crippen LogP contribution in [0.4, 0.5) is 5.82 Å². The number of nitrogens with zero attached hydrogens (tertiary/aromatic N) is 6. The molecule has 0 saturated heterocycles. The fraction of sp³-hybridized carbons (Fsp3) is 0.318. The summed E-state index contributed by atoms with van der Waals surface area (Å²) in [7, 11) is 0. The van der Waals surface area contributed by atoms with E-state index in [1.165, 1.54) is 6.33 Å². The maximum atomic E-state index is 11.0. The van der Waals surface area contributed by atoms with Crippen molar-refractivity contribution < 1.29 is 9.94 Å². The van der Waals surface area contributed by atoms with Crippen molar-refractivity contribution in [3.05, 3.63) is 54.7 Å². The summed E-state index contributed by atoms with van der Waals surface area (Å²) in [6.45, 7) is 2.75. The predicted molar refractivity (Wildman–Crippen MR) is 116 cm³/mol. The fourth-order valence-corrected chi connectivity index (χ4v) is 4.73. The maximum absolute atomic E-state index is 11.0. The quantitative estimate of drug-likeness (QED) is 0.527. The van der Waals surface area contributed by atoms with E-state index in [-0.39, 0.29) is 18.1 Å². The summed E-state index contributed by atoms with van der Waals surface area (Å²) in [5.41, 5.74) is 3.74. The Bertz CT molecular complexity index is 1320. The van der Waals surface area contributed by atoms with Crippen molar-refractivity contribution in [2.75, 3.05) is 11.9 Å². The van der Waals surface area contributed by atoms with Gasteiger partial charge in [0.05, 0.1) is 35.6 Å². The van der Waals surface area contributed by atoms with Crippen molar-refractivity contribution in [1.82, 2.24) is 24.5 Å². The van der Waals surface area contributed by atoms with E-state index in [0.717, 1.165) is 23.1 Å². The van der Waals surface area contributed by atoms with Crippen molar-refractivity contribution in [3.8, 4) is 0 Å². The monoisotopic (exact) mass is 415 g/mol. The third kappa shape index (κ3) is 2.77. The van der Waals surface area contributed by atoms with Crippen molar-refractivity contribution in [1.29, 1.82) is 0 Å². The highest BCUT2D eigenvalue weighted by Crippen LogP contribution is 2.44. The predicted octanol–water partition coefficient (Wildman–Crippen LogP) is 2.53. The molecule has 9 heteroatoms. The first kappa shape index (κ1) is 18.2. The topological polar surface area (TPSA) is 110 Å². The average Bonchev–Trinajstić information content (AvgIpc) is 3.49. The van der Waals surface area contributed by atoms with E-state index >= 15 is 0 Å². The Kier molecular flexibility index (Phi) is 4.10. The molecule has 4 heterocycles. The van der Waals surface area contributed by atoms with E-state index < -0.39 is 6.10 Å². The molecule has 156 valence electrons. The Morgan fingerprint density at radius 3 is 2.97 bits per heavy atom. The number of aromatic nitrogens is 5. The Morgan fingerprint density at radius 2 is 2.06 bits per heavy atom. The van der Waals surface area contributed by atoms with Gasteiger partial charge in [-0.05, 0) is 25.5 Å². The minimum absolute atomic E-state index is 0.143. The van der Waals surface area contributed by atoms with Gasteiger partial charge in [-0.1, -0.05) is 29.4 Å². The van der Waals surface area contributed by atoms with Crippen LogP contribution in [0.25, 0.3) is 22.1 Å². The summed E-state index contributed by atoms with van der Waals surface area (Å²) in [5, 5.41) is 19.6. The molecule has 1 aliphatic carbocycles. The normalized spacial score (nSPS) is 24.9. The molecule has 0 radical (unpaired) electrons. The SMILES string of the molecule is CCNc1ncnc2c1ncn2[C@@H]1C[C@H](O)[C@H]2C(c3ccc4ccccc4n3)=NO[C@H]21. The number of aliphatic hydroxyl groups is 1. The van der Waals surface area contributed by atoms with Crippen LogP contribution in [0, 0.1) is 5.92 Å². The summed E-state index contributed by atoms with van der Waals surface area (Å²) in [6.07, 6.45) is 2.88. The van der Waals surface area contributed by atoms with Gasteiger partial charge in [-0.3, -0.25) is 0 Å². The zero-order valence-electron chi connectivity index (χ0n) is 16.9. The summed E-state index contributed by atoms with van der Waals surface area (Å²) in [4.78, 5) is 23.9. The highest BCUT2D eigenvalue weighted by atomic mass is 16.6. The molecule has 9 nitrogen and oxygen atoms in total. The first-order valence-electron chi connectivity index (χ1n) is 10.4. The zero-order valence-corrected chi connectivity index (χ0v) is 16.9. The highest BCUT2D eigenvalue weighted by Gasteiger charge is 2.52. The lowest BCUT2D eigenvalue weighted by Gasteiger charge is -2.18. The molecule has 0 amide bonds. The number of rotatable bonds is 4. The number of imidazole rings is 1. The molecule has 1 aromatic carbocycles. The standard InChI is InChI=1S/C22H21N7O2/c1-2-23-21-19-22(25-10-24-21)29(11-26-19)15-9-16(30)17-18(28-31-20(15)17)14-8-7-12-5-3-4-6-13(12)27-14/h3-8,10-11,15-17,20,30H,2,9H2,1H3,(H,23,24,25)/t15-,16+,17+,20+/m1/s1. The molecule has 3 aromatic heterocycles. The lowest BCUT2D eigenvalue weighted by atomic mass is 9.95. The first-order valence-corrected chi connectivity index (χ1v) is 10.4. The molecule has 1 fully saturated rings. The van der Waals surface area contributed by atoms with Crippen molar-refractivity contribution in [2.24, 2.45) is 11.1 Å². The molecular formula is C22H21N7O2. The number of hydrogen-bond acceptors (Lipinski definition) is 8. The number of benzene rings is 1. The number of hydrogen-bond donors (Lipinski definition) is 2. The molecule has 4 atom stereocenters. The summed E-state index contributed by atoms with van der Waals surface area (Å²) < 4.78 is 1.97. The van der Waals surface area contributed by atoms with Crippen molar-refractivity contribution in [2.45, 2.75) is 31.6 Å². The number of nitrogens with one attached hydrogen (secondary N) is 1. The van der Waals surface area contributed by atoms with Crippen LogP contribution in [0.15, 0.2) is 54.2 Å². The zero-order chi connectivity index (χ0) is 20.9. The van der Waals surface area contributed by atoms with Crippen LogP contribution >= 0.6 is 0 Å². The largest absolute Gasteiger partial charge is 0.392 e. The third-order valence-electron chi connectivity index (χ3n) is 6.14. The van der Waals surface area contributed by atoms with Crippen LogP contribution < -0.4 is 5.32 Å². The molecular weight excluding hydrogens is 394 g/mol. The number of para-hydroxylation sites is 1. The van der Waals surface area contributed by atoms with E-state index in [9.17, 15) is 5.11 Å². The molecule has 6 rings (SSSR count). The average molecular weight is 415 g/mol. The first-order chi connectivity index (χ1) is 15.2. The van der Waals surface area contributed by atoms with E-state index in [2.05, 4.69) is 25.4 Å². The summed E-state index contributed by atoms with van der Waals surface area (Å²) >= 11 is 0. The third-order valence-corrected chi connectivity index (χ3v) is 6.14.